The number of benzene rings is 1. The predicted molar refractivity (Wildman–Crippen MR) is 90.4 cm³/mol. The van der Waals surface area contributed by atoms with Crippen LogP contribution in [0.25, 0.3) is 0 Å². The van der Waals surface area contributed by atoms with Gasteiger partial charge in [0.1, 0.15) is 6.29 Å². The quantitative estimate of drug-likeness (QED) is 0.611. The van der Waals surface area contributed by atoms with Gasteiger partial charge in [-0.3, -0.25) is 14.3 Å². The van der Waals surface area contributed by atoms with Crippen LogP contribution in [0, 0.1) is 5.92 Å². The first kappa shape index (κ1) is 16.2. The lowest BCUT2D eigenvalue weighted by Crippen LogP contribution is -2.37. The lowest BCUT2D eigenvalue weighted by molar-refractivity contribution is -0.127. The fraction of sp³-hybridized carbons (Fsp3) is 0.471. The highest BCUT2D eigenvalue weighted by Gasteiger charge is 2.33. The van der Waals surface area contributed by atoms with Gasteiger partial charge in [-0.25, -0.2) is 0 Å². The first-order valence-corrected chi connectivity index (χ1v) is 8.90. The van der Waals surface area contributed by atoms with Crippen LogP contribution in [0.4, 0.5) is 5.69 Å². The number of aldehydes is 1. The van der Waals surface area contributed by atoms with Gasteiger partial charge >= 0.3 is 0 Å². The zero-order chi connectivity index (χ0) is 16.2. The summed E-state index contributed by atoms with van der Waals surface area (Å²) in [5.74, 6) is 0.370. The van der Waals surface area contributed by atoms with Crippen LogP contribution in [0.3, 0.4) is 0 Å². The summed E-state index contributed by atoms with van der Waals surface area (Å²) in [7, 11) is 0. The minimum Gasteiger partial charge on any atom is -0.375 e. The van der Waals surface area contributed by atoms with E-state index in [4.69, 9.17) is 0 Å². The third kappa shape index (κ3) is 3.64. The molecular weight excluding hydrogens is 312 g/mol. The smallest absolute Gasteiger partial charge is 0.155 e. The van der Waals surface area contributed by atoms with Crippen LogP contribution in [0.1, 0.15) is 24.8 Å². The summed E-state index contributed by atoms with van der Waals surface area (Å²) in [6, 6.07) is 7.34. The molecule has 3 atom stereocenters. The molecule has 1 saturated heterocycles. The van der Waals surface area contributed by atoms with Crippen LogP contribution in [-0.2, 0) is 20.8 Å². The van der Waals surface area contributed by atoms with E-state index in [1.165, 1.54) is 17.5 Å². The van der Waals surface area contributed by atoms with Crippen molar-refractivity contribution < 1.29 is 14.4 Å². The number of ketones is 2. The Balaban J connectivity index is 1.52. The Hall–Kier alpha value is -1.66. The molecule has 1 aromatic carbocycles. The summed E-state index contributed by atoms with van der Waals surface area (Å²) >= 11 is 1.40. The molecule has 23 heavy (non-hydrogen) atoms. The van der Waals surface area contributed by atoms with Crippen molar-refractivity contribution in [2.24, 2.45) is 5.92 Å². The standard InChI is InChI=1S/C17H20N2O3S/c20-9-12-10-23-19-17(12)16(22)8-7-15(21)14-6-5-11-3-1-2-4-13(11)18-14/h1-4,9,12,14,17-19H,5-8,10H2/t12-,14?,17?/m1/s1. The zero-order valence-electron chi connectivity index (χ0n) is 12.8. The van der Waals surface area contributed by atoms with Gasteiger partial charge < -0.3 is 10.1 Å². The molecule has 1 fully saturated rings. The highest BCUT2D eigenvalue weighted by molar-refractivity contribution is 7.97. The molecule has 2 heterocycles. The second kappa shape index (κ2) is 7.27. The van der Waals surface area contributed by atoms with Crippen molar-refractivity contribution in [2.75, 3.05) is 11.1 Å². The molecule has 0 aromatic heterocycles. The second-order valence-electron chi connectivity index (χ2n) is 6.03. The van der Waals surface area contributed by atoms with Crippen LogP contribution in [-0.4, -0.2) is 35.7 Å². The molecule has 0 spiro atoms. The zero-order valence-corrected chi connectivity index (χ0v) is 13.6. The van der Waals surface area contributed by atoms with E-state index in [9.17, 15) is 14.4 Å². The Kier molecular flexibility index (Phi) is 5.13. The van der Waals surface area contributed by atoms with Gasteiger partial charge in [0.15, 0.2) is 11.6 Å². The SMILES string of the molecule is O=C[C@@H]1CSNC1C(=O)CCC(=O)C1CCc2ccccc2N1. The first-order valence-electron chi connectivity index (χ1n) is 7.91. The summed E-state index contributed by atoms with van der Waals surface area (Å²) in [5.41, 5.74) is 2.24. The van der Waals surface area contributed by atoms with Gasteiger partial charge in [-0.2, -0.15) is 0 Å². The molecule has 2 aliphatic heterocycles. The van der Waals surface area contributed by atoms with Crippen molar-refractivity contribution in [2.45, 2.75) is 37.8 Å². The van der Waals surface area contributed by atoms with Crippen LogP contribution >= 0.6 is 11.9 Å². The molecule has 2 unspecified atom stereocenters. The highest BCUT2D eigenvalue weighted by Crippen LogP contribution is 2.26. The number of para-hydroxylation sites is 1. The maximum Gasteiger partial charge on any atom is 0.155 e. The van der Waals surface area contributed by atoms with E-state index in [1.54, 1.807) is 0 Å². The minimum absolute atomic E-state index is 0.0448. The summed E-state index contributed by atoms with van der Waals surface area (Å²) in [6.07, 6.45) is 2.89. The van der Waals surface area contributed by atoms with Crippen LogP contribution in [0.5, 0.6) is 0 Å². The molecule has 6 heteroatoms. The number of hydrogen-bond donors (Lipinski definition) is 2. The lowest BCUT2D eigenvalue weighted by Gasteiger charge is -2.26. The van der Waals surface area contributed by atoms with E-state index < -0.39 is 6.04 Å². The van der Waals surface area contributed by atoms with Gasteiger partial charge in [-0.05, 0) is 24.5 Å². The van der Waals surface area contributed by atoms with E-state index in [1.807, 2.05) is 18.2 Å². The third-order valence-corrected chi connectivity index (χ3v) is 5.46. The molecule has 5 nitrogen and oxygen atoms in total. The molecular formula is C17H20N2O3S. The van der Waals surface area contributed by atoms with Gasteiger partial charge in [0, 0.05) is 30.2 Å². The Labute approximate surface area is 139 Å². The Morgan fingerprint density at radius 2 is 2.00 bits per heavy atom. The number of carbonyl (C=O) groups is 3. The Morgan fingerprint density at radius 1 is 1.22 bits per heavy atom. The molecule has 0 aliphatic carbocycles. The number of nitrogens with one attached hydrogen (secondary N) is 2. The number of aryl methyl sites for hydroxylation is 1. The van der Waals surface area contributed by atoms with E-state index in [0.717, 1.165) is 24.8 Å². The highest BCUT2D eigenvalue weighted by atomic mass is 32.2. The average Bonchev–Trinajstić information content (AvgIpc) is 3.07. The van der Waals surface area contributed by atoms with Crippen LogP contribution < -0.4 is 10.0 Å². The molecule has 0 saturated carbocycles. The average molecular weight is 332 g/mol. The number of rotatable bonds is 6. The third-order valence-electron chi connectivity index (χ3n) is 4.49. The fourth-order valence-corrected chi connectivity index (χ4v) is 4.14. The van der Waals surface area contributed by atoms with Gasteiger partial charge in [0.05, 0.1) is 12.1 Å². The summed E-state index contributed by atoms with van der Waals surface area (Å²) in [5, 5.41) is 3.27. The fourth-order valence-electron chi connectivity index (χ4n) is 3.10. The Morgan fingerprint density at radius 3 is 2.83 bits per heavy atom. The van der Waals surface area contributed by atoms with Crippen molar-refractivity contribution in [3.05, 3.63) is 29.8 Å². The number of Topliss-reactive ketones (excluding diaryl/α,β-unsaturated/α-hetero) is 2. The number of hydrogen-bond acceptors (Lipinski definition) is 6. The topological polar surface area (TPSA) is 75.3 Å². The van der Waals surface area contributed by atoms with Crippen molar-refractivity contribution >= 4 is 35.5 Å². The van der Waals surface area contributed by atoms with Gasteiger partial charge in [0.2, 0.25) is 0 Å². The van der Waals surface area contributed by atoms with E-state index in [2.05, 4.69) is 16.1 Å². The molecule has 3 rings (SSSR count). The summed E-state index contributed by atoms with van der Waals surface area (Å²) in [4.78, 5) is 35.5. The normalized spacial score (nSPS) is 26.2. The van der Waals surface area contributed by atoms with E-state index >= 15 is 0 Å². The number of carbonyl (C=O) groups excluding carboxylic acids is 3. The first-order chi connectivity index (χ1) is 11.2. The van der Waals surface area contributed by atoms with Crippen molar-refractivity contribution in [3.8, 4) is 0 Å². The molecule has 1 aromatic rings. The molecule has 0 amide bonds. The predicted octanol–water partition coefficient (Wildman–Crippen LogP) is 1.77. The number of anilines is 1. The summed E-state index contributed by atoms with van der Waals surface area (Å²) in [6.45, 7) is 0. The van der Waals surface area contributed by atoms with Crippen LogP contribution in [0.15, 0.2) is 24.3 Å². The molecule has 122 valence electrons. The van der Waals surface area contributed by atoms with E-state index in [-0.39, 0.29) is 36.4 Å². The summed E-state index contributed by atoms with van der Waals surface area (Å²) < 4.78 is 2.98. The monoisotopic (exact) mass is 332 g/mol. The minimum atomic E-state index is -0.439. The van der Waals surface area contributed by atoms with Gasteiger partial charge in [-0.1, -0.05) is 30.1 Å². The molecule has 0 bridgehead atoms. The van der Waals surface area contributed by atoms with Crippen molar-refractivity contribution in [3.63, 3.8) is 0 Å². The van der Waals surface area contributed by atoms with E-state index in [0.29, 0.717) is 5.75 Å². The Bertz CT molecular complexity index is 620. The lowest BCUT2D eigenvalue weighted by atomic mass is 9.92. The van der Waals surface area contributed by atoms with Gasteiger partial charge in [-0.15, -0.1) is 0 Å². The van der Waals surface area contributed by atoms with Gasteiger partial charge in [0.25, 0.3) is 0 Å². The largest absolute Gasteiger partial charge is 0.375 e. The maximum absolute atomic E-state index is 12.4. The molecule has 2 N–H and O–H groups in total. The van der Waals surface area contributed by atoms with Crippen LogP contribution in [0.2, 0.25) is 0 Å². The maximum atomic E-state index is 12.4. The molecule has 0 radical (unpaired) electrons. The number of fused-ring (bicyclic) bond motifs is 1. The second-order valence-corrected chi connectivity index (χ2v) is 6.89. The van der Waals surface area contributed by atoms with Crippen molar-refractivity contribution in [1.82, 2.24) is 4.72 Å². The van der Waals surface area contributed by atoms with Crippen molar-refractivity contribution in [1.29, 1.82) is 0 Å². The molecule has 2 aliphatic rings.